The van der Waals surface area contributed by atoms with Gasteiger partial charge in [-0.1, -0.05) is 215 Å². The van der Waals surface area contributed by atoms with Crippen LogP contribution < -0.4 is 4.90 Å². The molecule has 1 nitrogen and oxygen atoms in total. The normalized spacial score (nSPS) is 18.3. The quantitative estimate of drug-likeness (QED) is 0.167. The molecule has 0 aliphatic heterocycles. The number of benzene rings is 9. The smallest absolute Gasteiger partial charge is 0.0726 e. The van der Waals surface area contributed by atoms with Gasteiger partial charge in [-0.05, 0) is 149 Å². The molecule has 0 heterocycles. The van der Waals surface area contributed by atoms with Crippen molar-refractivity contribution in [2.24, 2.45) is 0 Å². The van der Waals surface area contributed by atoms with E-state index in [1.54, 1.807) is 0 Å². The summed E-state index contributed by atoms with van der Waals surface area (Å²) in [7, 11) is 0. The molecule has 4 aliphatic carbocycles. The summed E-state index contributed by atoms with van der Waals surface area (Å²) in [6, 6.07) is 82.6. The number of allylic oxidation sites excluding steroid dienone is 4. The fraction of sp³-hybridized carbons (Fsp3) is 0.121. The topological polar surface area (TPSA) is 3.24 Å². The molecule has 0 amide bonds. The molecule has 67 heavy (non-hydrogen) atoms. The van der Waals surface area contributed by atoms with E-state index in [9.17, 15) is 0 Å². The van der Waals surface area contributed by atoms with E-state index >= 15 is 0 Å². The Bertz CT molecular complexity index is 3420. The van der Waals surface area contributed by atoms with Crippen molar-refractivity contribution in [2.45, 2.75) is 49.9 Å². The van der Waals surface area contributed by atoms with Gasteiger partial charge in [0.2, 0.25) is 0 Å². The van der Waals surface area contributed by atoms with Crippen molar-refractivity contribution >= 4 is 22.6 Å². The van der Waals surface area contributed by atoms with Crippen molar-refractivity contribution in [3.8, 4) is 33.4 Å². The highest BCUT2D eigenvalue weighted by Crippen LogP contribution is 2.69. The van der Waals surface area contributed by atoms with Crippen LogP contribution in [0.5, 0.6) is 0 Å². The molecule has 0 N–H and O–H groups in total. The third-order valence-corrected chi connectivity index (χ3v) is 15.4. The van der Waals surface area contributed by atoms with E-state index in [0.29, 0.717) is 0 Å². The second kappa shape index (κ2) is 14.9. The van der Waals surface area contributed by atoms with Gasteiger partial charge in [0.25, 0.3) is 0 Å². The number of fused-ring (bicyclic) bond motifs is 16. The lowest BCUT2D eigenvalue weighted by molar-refractivity contribution is 0.590. The maximum atomic E-state index is 2.56. The zero-order chi connectivity index (χ0) is 44.9. The molecule has 0 fully saturated rings. The van der Waals surface area contributed by atoms with Gasteiger partial charge in [-0.15, -0.1) is 0 Å². The van der Waals surface area contributed by atoms with Crippen molar-refractivity contribution in [1.82, 2.24) is 0 Å². The molecule has 2 spiro atoms. The van der Waals surface area contributed by atoms with Gasteiger partial charge in [0.15, 0.2) is 0 Å². The van der Waals surface area contributed by atoms with Crippen molar-refractivity contribution in [3.05, 3.63) is 286 Å². The third-order valence-electron chi connectivity index (χ3n) is 15.4. The monoisotopic (exact) mass is 857 g/mol. The Morgan fingerprint density at radius 1 is 0.343 bits per heavy atom. The van der Waals surface area contributed by atoms with Crippen LogP contribution in [0.2, 0.25) is 0 Å². The largest absolute Gasteiger partial charge is 0.311 e. The zero-order valence-electron chi connectivity index (χ0n) is 38.3. The van der Waals surface area contributed by atoms with Crippen LogP contribution in [-0.2, 0) is 16.2 Å². The minimum atomic E-state index is -0.558. The third kappa shape index (κ3) is 5.61. The molecule has 9 aromatic rings. The van der Waals surface area contributed by atoms with Gasteiger partial charge in [0, 0.05) is 17.1 Å². The summed E-state index contributed by atoms with van der Waals surface area (Å²) in [5.41, 5.74) is 25.1. The molecule has 0 unspecified atom stereocenters. The van der Waals surface area contributed by atoms with Crippen LogP contribution in [0.1, 0.15) is 83.7 Å². The summed E-state index contributed by atoms with van der Waals surface area (Å²) in [6.45, 7) is 6.84. The van der Waals surface area contributed by atoms with Crippen molar-refractivity contribution < 1.29 is 0 Å². The number of nitrogens with zero attached hydrogens (tertiary/aromatic N) is 1. The lowest BCUT2D eigenvalue weighted by Gasteiger charge is -2.49. The first kappa shape index (κ1) is 39.6. The lowest BCUT2D eigenvalue weighted by atomic mass is 9.51. The molecule has 13 rings (SSSR count). The van der Waals surface area contributed by atoms with Crippen LogP contribution in [0.3, 0.4) is 0 Å². The molecular weight excluding hydrogens is 807 g/mol. The Balaban J connectivity index is 1.01. The SMILES string of the molecule is CC(C)(C)c1ccc(N(c2ccc(-c3ccccc3)cc2)c2ccc(-c3cccc4c3C3(c5ccccc5-4)c4ccccc4C4(C5=CCCC=C5c5ccccc54)c4ccccc43)cc2)cc1. The van der Waals surface area contributed by atoms with Crippen LogP contribution in [0.15, 0.2) is 236 Å². The molecule has 0 aromatic heterocycles. The summed E-state index contributed by atoms with van der Waals surface area (Å²) >= 11 is 0. The highest BCUT2D eigenvalue weighted by molar-refractivity contribution is 6.00. The summed E-state index contributed by atoms with van der Waals surface area (Å²) in [5.74, 6) is 0. The first-order valence-corrected chi connectivity index (χ1v) is 24.0. The average Bonchev–Trinajstić information content (AvgIpc) is 3.85. The van der Waals surface area contributed by atoms with E-state index in [1.807, 2.05) is 0 Å². The first-order valence-electron chi connectivity index (χ1n) is 24.0. The molecule has 0 saturated heterocycles. The van der Waals surface area contributed by atoms with Crippen molar-refractivity contribution in [3.63, 3.8) is 0 Å². The van der Waals surface area contributed by atoms with Gasteiger partial charge in [0.05, 0.1) is 10.8 Å². The minimum absolute atomic E-state index is 0.0595. The predicted octanol–water partition coefficient (Wildman–Crippen LogP) is 16.9. The van der Waals surface area contributed by atoms with Crippen LogP contribution in [0.4, 0.5) is 17.1 Å². The molecule has 320 valence electrons. The molecular formula is C66H51N. The molecule has 0 atom stereocenters. The highest BCUT2D eigenvalue weighted by Gasteiger charge is 2.60. The molecule has 0 bridgehead atoms. The Labute approximate surface area is 395 Å². The molecule has 4 aliphatic rings. The summed E-state index contributed by atoms with van der Waals surface area (Å²) in [4.78, 5) is 2.40. The van der Waals surface area contributed by atoms with Crippen molar-refractivity contribution in [1.29, 1.82) is 0 Å². The summed E-state index contributed by atoms with van der Waals surface area (Å²) < 4.78 is 0. The van der Waals surface area contributed by atoms with E-state index in [4.69, 9.17) is 0 Å². The lowest BCUT2D eigenvalue weighted by Crippen LogP contribution is -2.44. The number of hydrogen-bond donors (Lipinski definition) is 0. The van der Waals surface area contributed by atoms with Gasteiger partial charge in [-0.3, -0.25) is 0 Å². The van der Waals surface area contributed by atoms with Gasteiger partial charge in [-0.25, -0.2) is 0 Å². The van der Waals surface area contributed by atoms with Gasteiger partial charge >= 0.3 is 0 Å². The van der Waals surface area contributed by atoms with Gasteiger partial charge in [-0.2, -0.15) is 0 Å². The van der Waals surface area contributed by atoms with E-state index in [2.05, 4.69) is 256 Å². The van der Waals surface area contributed by atoms with Crippen LogP contribution in [0, 0.1) is 0 Å². The molecule has 0 saturated carbocycles. The van der Waals surface area contributed by atoms with Gasteiger partial charge < -0.3 is 4.90 Å². The summed E-state index contributed by atoms with van der Waals surface area (Å²) in [6.07, 6.45) is 7.18. The Hall–Kier alpha value is -7.74. The number of anilines is 3. The molecule has 0 radical (unpaired) electrons. The fourth-order valence-electron chi connectivity index (χ4n) is 12.6. The van der Waals surface area contributed by atoms with Crippen molar-refractivity contribution in [2.75, 3.05) is 4.90 Å². The standard InChI is InChI=1S/C66H51N/c1-64(2,3)47-36-42-50(43-37-47)67(48-38-32-45(33-39-48)44-18-5-4-6-19-44)49-40-34-46(35-41-49)51-23-17-24-55-54-22-9-12-27-58(54)66(63(51)55)61-30-15-13-28-59(61)65(60-29-14-16-31-62(60)66)56-25-10-7-20-52(56)53-21-8-11-26-57(53)65/h4-7,9-10,12-43H,8,11H2,1-3H3. The predicted molar refractivity (Wildman–Crippen MR) is 280 cm³/mol. The fourth-order valence-corrected chi connectivity index (χ4v) is 12.6. The molecule has 1 heteroatoms. The first-order chi connectivity index (χ1) is 32.9. The number of hydrogen-bond acceptors (Lipinski definition) is 1. The van der Waals surface area contributed by atoms with Crippen LogP contribution >= 0.6 is 0 Å². The van der Waals surface area contributed by atoms with E-state index in [1.165, 1.54) is 94.6 Å². The van der Waals surface area contributed by atoms with E-state index in [-0.39, 0.29) is 5.41 Å². The maximum Gasteiger partial charge on any atom is 0.0726 e. The Morgan fingerprint density at radius 3 is 1.37 bits per heavy atom. The summed E-state index contributed by atoms with van der Waals surface area (Å²) in [5, 5.41) is 0. The average molecular weight is 858 g/mol. The molecule has 9 aromatic carbocycles. The second-order valence-corrected chi connectivity index (χ2v) is 19.8. The van der Waals surface area contributed by atoms with E-state index in [0.717, 1.165) is 29.9 Å². The Morgan fingerprint density at radius 2 is 0.776 bits per heavy atom. The second-order valence-electron chi connectivity index (χ2n) is 19.8. The number of rotatable bonds is 5. The highest BCUT2D eigenvalue weighted by atomic mass is 15.1. The van der Waals surface area contributed by atoms with Crippen LogP contribution in [-0.4, -0.2) is 0 Å². The minimum Gasteiger partial charge on any atom is -0.311 e. The zero-order valence-corrected chi connectivity index (χ0v) is 38.3. The van der Waals surface area contributed by atoms with Gasteiger partial charge in [0.1, 0.15) is 0 Å². The Kier molecular flexibility index (Phi) is 8.80. The maximum absolute atomic E-state index is 2.56. The van der Waals surface area contributed by atoms with Crippen LogP contribution in [0.25, 0.3) is 39.0 Å². The van der Waals surface area contributed by atoms with E-state index < -0.39 is 10.8 Å².